The van der Waals surface area contributed by atoms with Crippen molar-refractivity contribution in [1.29, 1.82) is 0 Å². The molecule has 14 heavy (non-hydrogen) atoms. The number of carboxylic acid groups (broad SMARTS) is 1. The number of carboxylic acids is 1. The first kappa shape index (κ1) is 10.6. The lowest BCUT2D eigenvalue weighted by Gasteiger charge is -2.13. The van der Waals surface area contributed by atoms with Crippen molar-refractivity contribution in [2.24, 2.45) is 0 Å². The highest BCUT2D eigenvalue weighted by molar-refractivity contribution is 5.77. The number of aryl methyl sites for hydroxylation is 1. The summed E-state index contributed by atoms with van der Waals surface area (Å²) in [6, 6.07) is 7.19. The number of anilines is 1. The summed E-state index contributed by atoms with van der Waals surface area (Å²) < 4.78 is 0. The molecule has 0 aliphatic rings. The van der Waals surface area contributed by atoms with E-state index in [0.29, 0.717) is 6.42 Å². The summed E-state index contributed by atoms with van der Waals surface area (Å²) in [4.78, 5) is 10.8. The minimum atomic E-state index is -0.811. The first-order valence-corrected chi connectivity index (χ1v) is 4.69. The second-order valence-corrected chi connectivity index (χ2v) is 3.31. The average molecular weight is 193 g/mol. The van der Waals surface area contributed by atoms with Crippen molar-refractivity contribution in [3.05, 3.63) is 29.8 Å². The SMILES string of the molecule is CC[C@H](Nc1cccc(C)c1)C(=O)O. The summed E-state index contributed by atoms with van der Waals surface area (Å²) >= 11 is 0. The summed E-state index contributed by atoms with van der Waals surface area (Å²) in [5.41, 5.74) is 1.98. The maximum atomic E-state index is 10.8. The molecule has 1 rings (SSSR count). The van der Waals surface area contributed by atoms with Gasteiger partial charge in [-0.1, -0.05) is 19.1 Å². The lowest BCUT2D eigenvalue weighted by Crippen LogP contribution is -2.28. The standard InChI is InChI=1S/C11H15NO2/c1-3-10(11(13)14)12-9-6-4-5-8(2)7-9/h4-7,10,12H,3H2,1-2H3,(H,13,14)/t10-/m0/s1. The van der Waals surface area contributed by atoms with Gasteiger partial charge in [0.1, 0.15) is 6.04 Å². The predicted molar refractivity (Wildman–Crippen MR) is 56.5 cm³/mol. The summed E-state index contributed by atoms with van der Waals surface area (Å²) in [5.74, 6) is -0.811. The summed E-state index contributed by atoms with van der Waals surface area (Å²) in [7, 11) is 0. The van der Waals surface area contributed by atoms with E-state index in [0.717, 1.165) is 11.3 Å². The quantitative estimate of drug-likeness (QED) is 0.771. The number of rotatable bonds is 4. The van der Waals surface area contributed by atoms with Gasteiger partial charge in [0.2, 0.25) is 0 Å². The van der Waals surface area contributed by atoms with E-state index in [4.69, 9.17) is 5.11 Å². The Balaban J connectivity index is 2.72. The predicted octanol–water partition coefficient (Wildman–Crippen LogP) is 2.27. The Bertz CT molecular complexity index is 323. The maximum absolute atomic E-state index is 10.8. The van der Waals surface area contributed by atoms with Gasteiger partial charge in [-0.05, 0) is 31.0 Å². The number of aliphatic carboxylic acids is 1. The van der Waals surface area contributed by atoms with Crippen molar-refractivity contribution < 1.29 is 9.90 Å². The highest BCUT2D eigenvalue weighted by atomic mass is 16.4. The lowest BCUT2D eigenvalue weighted by molar-refractivity contribution is -0.137. The van der Waals surface area contributed by atoms with Gasteiger partial charge in [0, 0.05) is 5.69 Å². The van der Waals surface area contributed by atoms with Crippen LogP contribution in [0.4, 0.5) is 5.69 Å². The highest BCUT2D eigenvalue weighted by Crippen LogP contribution is 2.11. The second kappa shape index (κ2) is 4.65. The molecule has 0 saturated heterocycles. The molecule has 76 valence electrons. The fraction of sp³-hybridized carbons (Fsp3) is 0.364. The molecule has 0 heterocycles. The van der Waals surface area contributed by atoms with Crippen molar-refractivity contribution >= 4 is 11.7 Å². The number of benzene rings is 1. The zero-order valence-corrected chi connectivity index (χ0v) is 8.45. The molecule has 0 aliphatic heterocycles. The Labute approximate surface area is 83.8 Å². The molecule has 0 aliphatic carbocycles. The largest absolute Gasteiger partial charge is 0.480 e. The average Bonchev–Trinajstić information content (AvgIpc) is 2.14. The third kappa shape index (κ3) is 2.76. The van der Waals surface area contributed by atoms with Gasteiger partial charge in [-0.15, -0.1) is 0 Å². The summed E-state index contributed by atoms with van der Waals surface area (Å²) in [6.45, 7) is 3.83. The lowest BCUT2D eigenvalue weighted by atomic mass is 10.2. The summed E-state index contributed by atoms with van der Waals surface area (Å²) in [6.07, 6.45) is 0.573. The van der Waals surface area contributed by atoms with E-state index in [1.165, 1.54) is 0 Å². The van der Waals surface area contributed by atoms with Crippen LogP contribution in [-0.4, -0.2) is 17.1 Å². The van der Waals surface area contributed by atoms with E-state index in [9.17, 15) is 4.79 Å². The fourth-order valence-corrected chi connectivity index (χ4v) is 1.27. The Morgan fingerprint density at radius 2 is 2.29 bits per heavy atom. The van der Waals surface area contributed by atoms with Crippen molar-refractivity contribution in [3.8, 4) is 0 Å². The van der Waals surface area contributed by atoms with Crippen molar-refractivity contribution in [3.63, 3.8) is 0 Å². The van der Waals surface area contributed by atoms with E-state index in [-0.39, 0.29) is 0 Å². The van der Waals surface area contributed by atoms with Crippen LogP contribution in [0.3, 0.4) is 0 Å². The van der Waals surface area contributed by atoms with Crippen LogP contribution in [-0.2, 0) is 4.79 Å². The zero-order chi connectivity index (χ0) is 10.6. The molecule has 0 aromatic heterocycles. The molecule has 0 saturated carbocycles. The Morgan fingerprint density at radius 3 is 2.79 bits per heavy atom. The van der Waals surface area contributed by atoms with Crippen LogP contribution in [0.15, 0.2) is 24.3 Å². The third-order valence-electron chi connectivity index (χ3n) is 2.07. The molecule has 3 nitrogen and oxygen atoms in total. The van der Waals surface area contributed by atoms with Crippen molar-refractivity contribution in [2.45, 2.75) is 26.3 Å². The van der Waals surface area contributed by atoms with Crippen LogP contribution in [0.5, 0.6) is 0 Å². The van der Waals surface area contributed by atoms with E-state index in [1.54, 1.807) is 0 Å². The van der Waals surface area contributed by atoms with Crippen LogP contribution in [0.25, 0.3) is 0 Å². The Kier molecular flexibility index (Phi) is 3.51. The molecule has 0 bridgehead atoms. The first-order chi connectivity index (χ1) is 6.63. The van der Waals surface area contributed by atoms with Crippen molar-refractivity contribution in [1.82, 2.24) is 0 Å². The van der Waals surface area contributed by atoms with Crippen LogP contribution in [0.1, 0.15) is 18.9 Å². The van der Waals surface area contributed by atoms with Crippen LogP contribution < -0.4 is 5.32 Å². The van der Waals surface area contributed by atoms with E-state index in [2.05, 4.69) is 5.32 Å². The maximum Gasteiger partial charge on any atom is 0.326 e. The molecule has 1 atom stereocenters. The molecule has 2 N–H and O–H groups in total. The van der Waals surface area contributed by atoms with Gasteiger partial charge in [0.25, 0.3) is 0 Å². The van der Waals surface area contributed by atoms with Crippen LogP contribution >= 0.6 is 0 Å². The zero-order valence-electron chi connectivity index (χ0n) is 8.45. The minimum Gasteiger partial charge on any atom is -0.480 e. The van der Waals surface area contributed by atoms with E-state index in [1.807, 2.05) is 38.1 Å². The van der Waals surface area contributed by atoms with Crippen LogP contribution in [0, 0.1) is 6.92 Å². The van der Waals surface area contributed by atoms with Gasteiger partial charge in [0.05, 0.1) is 0 Å². The van der Waals surface area contributed by atoms with Gasteiger partial charge in [-0.3, -0.25) is 0 Å². The van der Waals surface area contributed by atoms with E-state index >= 15 is 0 Å². The fourth-order valence-electron chi connectivity index (χ4n) is 1.27. The molecule has 1 aromatic rings. The Hall–Kier alpha value is -1.51. The smallest absolute Gasteiger partial charge is 0.326 e. The minimum absolute atomic E-state index is 0.503. The molecular weight excluding hydrogens is 178 g/mol. The molecule has 0 fully saturated rings. The Morgan fingerprint density at radius 1 is 1.57 bits per heavy atom. The molecule has 0 amide bonds. The monoisotopic (exact) mass is 193 g/mol. The van der Waals surface area contributed by atoms with Crippen molar-refractivity contribution in [2.75, 3.05) is 5.32 Å². The highest BCUT2D eigenvalue weighted by Gasteiger charge is 2.13. The van der Waals surface area contributed by atoms with Gasteiger partial charge >= 0.3 is 5.97 Å². The second-order valence-electron chi connectivity index (χ2n) is 3.31. The topological polar surface area (TPSA) is 49.3 Å². The first-order valence-electron chi connectivity index (χ1n) is 4.69. The molecule has 1 aromatic carbocycles. The molecular formula is C11H15NO2. The van der Waals surface area contributed by atoms with Gasteiger partial charge < -0.3 is 10.4 Å². The number of carbonyl (C=O) groups is 1. The number of nitrogens with one attached hydrogen (secondary N) is 1. The summed E-state index contributed by atoms with van der Waals surface area (Å²) in [5, 5.41) is 11.8. The molecule has 0 spiro atoms. The molecule has 0 radical (unpaired) electrons. The third-order valence-corrected chi connectivity index (χ3v) is 2.07. The molecule has 3 heteroatoms. The number of hydrogen-bond acceptors (Lipinski definition) is 2. The van der Waals surface area contributed by atoms with Gasteiger partial charge in [0.15, 0.2) is 0 Å². The van der Waals surface area contributed by atoms with Gasteiger partial charge in [-0.2, -0.15) is 0 Å². The number of hydrogen-bond donors (Lipinski definition) is 2. The molecule has 0 unspecified atom stereocenters. The van der Waals surface area contributed by atoms with E-state index < -0.39 is 12.0 Å². The van der Waals surface area contributed by atoms with Crippen LogP contribution in [0.2, 0.25) is 0 Å². The van der Waals surface area contributed by atoms with Gasteiger partial charge in [-0.25, -0.2) is 4.79 Å². The normalized spacial score (nSPS) is 12.1.